The topological polar surface area (TPSA) is 84.3 Å². The van der Waals surface area contributed by atoms with Crippen molar-refractivity contribution in [1.29, 1.82) is 0 Å². The second-order valence-electron chi connectivity index (χ2n) is 5.85. The molecule has 1 heterocycles. The van der Waals surface area contributed by atoms with Crippen LogP contribution in [0.25, 0.3) is 22.0 Å². The number of aliphatic carboxylic acids is 1. The molecule has 0 atom stereocenters. The molecule has 0 aliphatic carbocycles. The van der Waals surface area contributed by atoms with Crippen molar-refractivity contribution in [3.8, 4) is 11.1 Å². The smallest absolute Gasteiger partial charge is 0.304 e. The van der Waals surface area contributed by atoms with E-state index in [0.29, 0.717) is 0 Å². The van der Waals surface area contributed by atoms with Gasteiger partial charge in [0.2, 0.25) is 0 Å². The van der Waals surface area contributed by atoms with Crippen LogP contribution in [0, 0.1) is 6.92 Å². The first kappa shape index (κ1) is 17.1. The van der Waals surface area contributed by atoms with E-state index in [-0.39, 0.29) is 4.90 Å². The van der Waals surface area contributed by atoms with Gasteiger partial charge in [-0.05, 0) is 53.9 Å². The summed E-state index contributed by atoms with van der Waals surface area (Å²) in [6.07, 6.45) is 1.35. The monoisotopic (exact) mass is 355 g/mol. The third-order valence-electron chi connectivity index (χ3n) is 4.07. The molecule has 3 rings (SSSR count). The van der Waals surface area contributed by atoms with Crippen LogP contribution in [0.1, 0.15) is 12.0 Å². The Morgan fingerprint density at radius 1 is 1.08 bits per heavy atom. The van der Waals surface area contributed by atoms with E-state index in [2.05, 4.69) is 4.98 Å². The molecule has 0 radical (unpaired) electrons. The molecule has 1 N–H and O–H groups in total. The van der Waals surface area contributed by atoms with Gasteiger partial charge in [0.25, 0.3) is 0 Å². The van der Waals surface area contributed by atoms with E-state index in [0.717, 1.165) is 27.6 Å². The average Bonchev–Trinajstić information content (AvgIpc) is 2.60. The fraction of sp³-hybridized carbons (Fsp3) is 0.158. The summed E-state index contributed by atoms with van der Waals surface area (Å²) in [5, 5.41) is 9.73. The summed E-state index contributed by atoms with van der Waals surface area (Å²) in [5.74, 6) is -1.54. The number of pyridine rings is 1. The number of benzene rings is 2. The van der Waals surface area contributed by atoms with E-state index in [4.69, 9.17) is 5.11 Å². The lowest BCUT2D eigenvalue weighted by molar-refractivity contribution is -0.136. The van der Waals surface area contributed by atoms with Gasteiger partial charge in [-0.2, -0.15) is 0 Å². The van der Waals surface area contributed by atoms with Gasteiger partial charge in [-0.25, -0.2) is 8.42 Å². The number of aryl methyl sites for hydroxylation is 1. The summed E-state index contributed by atoms with van der Waals surface area (Å²) in [5.41, 5.74) is 3.63. The molecule has 0 aliphatic rings. The Hall–Kier alpha value is -2.73. The highest BCUT2D eigenvalue weighted by molar-refractivity contribution is 7.91. The summed E-state index contributed by atoms with van der Waals surface area (Å²) in [6, 6.07) is 14.3. The fourth-order valence-corrected chi connectivity index (χ4v) is 3.94. The van der Waals surface area contributed by atoms with Crippen molar-refractivity contribution in [2.24, 2.45) is 0 Å². The van der Waals surface area contributed by atoms with E-state index >= 15 is 0 Å². The van der Waals surface area contributed by atoms with Gasteiger partial charge in [-0.15, -0.1) is 0 Å². The van der Waals surface area contributed by atoms with Crippen LogP contribution in [0.4, 0.5) is 0 Å². The van der Waals surface area contributed by atoms with Crippen LogP contribution in [-0.2, 0) is 14.6 Å². The number of fused-ring (bicyclic) bond motifs is 1. The molecule has 0 fully saturated rings. The van der Waals surface area contributed by atoms with Crippen LogP contribution in [-0.4, -0.2) is 30.2 Å². The predicted octanol–water partition coefficient (Wildman–Crippen LogP) is 3.46. The van der Waals surface area contributed by atoms with Gasteiger partial charge in [0.1, 0.15) is 0 Å². The average molecular weight is 355 g/mol. The summed E-state index contributed by atoms with van der Waals surface area (Å²) in [4.78, 5) is 15.1. The van der Waals surface area contributed by atoms with Gasteiger partial charge in [-0.3, -0.25) is 9.78 Å². The summed E-state index contributed by atoms with van der Waals surface area (Å²) in [6.45, 7) is 2.00. The molecule has 0 spiro atoms. The van der Waals surface area contributed by atoms with E-state index in [1.807, 2.05) is 37.3 Å². The zero-order valence-electron chi connectivity index (χ0n) is 13.6. The SMILES string of the molecule is Cc1ccnc2ccc(-c3cccc(S(=O)(=O)CCC(=O)O)c3)cc12. The Balaban J connectivity index is 2.02. The number of carboxylic acid groups (broad SMARTS) is 1. The van der Waals surface area contributed by atoms with Crippen molar-refractivity contribution < 1.29 is 18.3 Å². The van der Waals surface area contributed by atoms with Gasteiger partial charge in [0, 0.05) is 11.6 Å². The Labute approximate surface area is 145 Å². The number of sulfone groups is 1. The number of hydrogen-bond donors (Lipinski definition) is 1. The Bertz CT molecular complexity index is 1060. The second-order valence-corrected chi connectivity index (χ2v) is 7.96. The van der Waals surface area contributed by atoms with Crippen molar-refractivity contribution >= 4 is 26.7 Å². The maximum atomic E-state index is 12.3. The maximum Gasteiger partial charge on any atom is 0.304 e. The molecular weight excluding hydrogens is 338 g/mol. The molecule has 128 valence electrons. The third kappa shape index (κ3) is 3.69. The molecule has 0 amide bonds. The zero-order valence-corrected chi connectivity index (χ0v) is 14.5. The molecular formula is C19H17NO4S. The normalized spacial score (nSPS) is 11.6. The molecule has 0 aliphatic heterocycles. The van der Waals surface area contributed by atoms with Crippen LogP contribution in [0.15, 0.2) is 59.6 Å². The molecule has 0 unspecified atom stereocenters. The lowest BCUT2D eigenvalue weighted by atomic mass is 10.0. The standard InChI is InChI=1S/C19H17NO4S/c1-13-7-9-20-18-6-5-15(12-17(13)18)14-3-2-4-16(11-14)25(23,24)10-8-19(21)22/h2-7,9,11-12H,8,10H2,1H3,(H,21,22). The van der Waals surface area contributed by atoms with Gasteiger partial charge < -0.3 is 5.11 Å². The van der Waals surface area contributed by atoms with E-state index < -0.39 is 28.0 Å². The number of carboxylic acids is 1. The van der Waals surface area contributed by atoms with Crippen molar-refractivity contribution in [3.05, 3.63) is 60.3 Å². The van der Waals surface area contributed by atoms with E-state index in [1.54, 1.807) is 18.3 Å². The number of aromatic nitrogens is 1. The highest BCUT2D eigenvalue weighted by Gasteiger charge is 2.17. The molecule has 0 saturated carbocycles. The third-order valence-corrected chi connectivity index (χ3v) is 5.78. The fourth-order valence-electron chi connectivity index (χ4n) is 2.67. The molecule has 5 nitrogen and oxygen atoms in total. The Morgan fingerprint density at radius 3 is 2.60 bits per heavy atom. The molecule has 25 heavy (non-hydrogen) atoms. The minimum Gasteiger partial charge on any atom is -0.481 e. The Morgan fingerprint density at radius 2 is 1.84 bits per heavy atom. The first-order valence-corrected chi connectivity index (χ1v) is 9.42. The van der Waals surface area contributed by atoms with Crippen molar-refractivity contribution in [2.75, 3.05) is 5.75 Å². The number of rotatable bonds is 5. The highest BCUT2D eigenvalue weighted by atomic mass is 32.2. The quantitative estimate of drug-likeness (QED) is 0.758. The van der Waals surface area contributed by atoms with Gasteiger partial charge in [0.05, 0.1) is 22.6 Å². The van der Waals surface area contributed by atoms with Gasteiger partial charge in [-0.1, -0.05) is 18.2 Å². The van der Waals surface area contributed by atoms with Gasteiger partial charge >= 0.3 is 5.97 Å². The van der Waals surface area contributed by atoms with Crippen LogP contribution in [0.2, 0.25) is 0 Å². The minimum absolute atomic E-state index is 0.134. The molecule has 2 aromatic carbocycles. The molecule has 6 heteroatoms. The number of carbonyl (C=O) groups is 1. The van der Waals surface area contributed by atoms with Crippen molar-refractivity contribution in [1.82, 2.24) is 4.98 Å². The van der Waals surface area contributed by atoms with Crippen molar-refractivity contribution in [2.45, 2.75) is 18.2 Å². The summed E-state index contributed by atoms with van der Waals surface area (Å²) < 4.78 is 24.6. The summed E-state index contributed by atoms with van der Waals surface area (Å²) in [7, 11) is -3.63. The molecule has 0 saturated heterocycles. The van der Waals surface area contributed by atoms with Crippen LogP contribution >= 0.6 is 0 Å². The zero-order chi connectivity index (χ0) is 18.0. The van der Waals surface area contributed by atoms with Crippen LogP contribution in [0.3, 0.4) is 0 Å². The van der Waals surface area contributed by atoms with Gasteiger partial charge in [0.15, 0.2) is 9.84 Å². The Kier molecular flexibility index (Phi) is 4.55. The van der Waals surface area contributed by atoms with Crippen molar-refractivity contribution in [3.63, 3.8) is 0 Å². The molecule has 1 aromatic heterocycles. The lowest BCUT2D eigenvalue weighted by Crippen LogP contribution is -2.11. The van der Waals surface area contributed by atoms with Crippen LogP contribution in [0.5, 0.6) is 0 Å². The number of hydrogen-bond acceptors (Lipinski definition) is 4. The predicted molar refractivity (Wildman–Crippen MR) is 96.2 cm³/mol. The van der Waals surface area contributed by atoms with Crippen LogP contribution < -0.4 is 0 Å². The minimum atomic E-state index is -3.63. The number of nitrogens with zero attached hydrogens (tertiary/aromatic N) is 1. The largest absolute Gasteiger partial charge is 0.481 e. The van der Waals surface area contributed by atoms with E-state index in [1.165, 1.54) is 6.07 Å². The molecule has 3 aromatic rings. The first-order valence-electron chi connectivity index (χ1n) is 7.77. The lowest BCUT2D eigenvalue weighted by Gasteiger charge is -2.08. The first-order chi connectivity index (χ1) is 11.9. The second kappa shape index (κ2) is 6.64. The summed E-state index contributed by atoms with van der Waals surface area (Å²) >= 11 is 0. The maximum absolute atomic E-state index is 12.3. The molecule has 0 bridgehead atoms. The highest BCUT2D eigenvalue weighted by Crippen LogP contribution is 2.27. The van der Waals surface area contributed by atoms with E-state index in [9.17, 15) is 13.2 Å².